The predicted octanol–water partition coefficient (Wildman–Crippen LogP) is 1.71. The molecule has 3 rings (SSSR count). The van der Waals surface area contributed by atoms with Gasteiger partial charge >= 0.3 is 0 Å². The van der Waals surface area contributed by atoms with Gasteiger partial charge in [0.1, 0.15) is 11.6 Å². The molecule has 0 aliphatic carbocycles. The predicted molar refractivity (Wildman–Crippen MR) is 79.0 cm³/mol. The summed E-state index contributed by atoms with van der Waals surface area (Å²) in [6.07, 6.45) is 5.52. The summed E-state index contributed by atoms with van der Waals surface area (Å²) in [7, 11) is 1.88. The summed E-state index contributed by atoms with van der Waals surface area (Å²) in [5, 5.41) is 5.02. The fourth-order valence-electron chi connectivity index (χ4n) is 3.11. The van der Waals surface area contributed by atoms with Crippen LogP contribution < -0.4 is 5.73 Å². The number of nitrogens with zero attached hydrogens (tertiary/aromatic N) is 5. The Hall–Kier alpha value is -1.69. The van der Waals surface area contributed by atoms with Gasteiger partial charge < -0.3 is 5.73 Å². The minimum absolute atomic E-state index is 0.524. The summed E-state index contributed by atoms with van der Waals surface area (Å²) in [6, 6.07) is 1.15. The minimum Gasteiger partial charge on any atom is -0.383 e. The van der Waals surface area contributed by atoms with Gasteiger partial charge in [-0.1, -0.05) is 6.42 Å². The molecule has 0 amide bonds. The molecule has 0 saturated carbocycles. The maximum Gasteiger partial charge on any atom is 0.163 e. The smallest absolute Gasteiger partial charge is 0.163 e. The molecule has 0 spiro atoms. The Morgan fingerprint density at radius 1 is 1.25 bits per heavy atom. The number of anilines is 1. The zero-order valence-electron chi connectivity index (χ0n) is 12.4. The van der Waals surface area contributed by atoms with Crippen molar-refractivity contribution in [1.82, 2.24) is 24.6 Å². The van der Waals surface area contributed by atoms with E-state index < -0.39 is 0 Å². The van der Waals surface area contributed by atoms with Gasteiger partial charge in [-0.2, -0.15) is 5.10 Å². The Kier molecular flexibility index (Phi) is 3.33. The Bertz CT molecular complexity index is 609. The van der Waals surface area contributed by atoms with Crippen LogP contribution in [0.4, 0.5) is 5.82 Å². The van der Waals surface area contributed by atoms with Crippen LogP contribution in [-0.2, 0) is 13.6 Å². The quantitative estimate of drug-likeness (QED) is 0.902. The first kappa shape index (κ1) is 13.3. The van der Waals surface area contributed by atoms with Crippen LogP contribution in [0.1, 0.15) is 38.9 Å². The van der Waals surface area contributed by atoms with Crippen molar-refractivity contribution in [3.8, 4) is 0 Å². The molecule has 6 heteroatoms. The maximum absolute atomic E-state index is 6.02. The van der Waals surface area contributed by atoms with E-state index in [4.69, 9.17) is 5.73 Å². The molecular formula is C14H22N6. The van der Waals surface area contributed by atoms with Crippen LogP contribution in [0, 0.1) is 0 Å². The van der Waals surface area contributed by atoms with Gasteiger partial charge in [0.25, 0.3) is 0 Å². The number of aryl methyl sites for hydroxylation is 1. The molecule has 1 fully saturated rings. The fraction of sp³-hybridized carbons (Fsp3) is 0.643. The lowest BCUT2D eigenvalue weighted by Gasteiger charge is -2.38. The molecule has 2 aromatic heterocycles. The Morgan fingerprint density at radius 3 is 2.65 bits per heavy atom. The number of piperidine rings is 1. The molecule has 1 aliphatic rings. The van der Waals surface area contributed by atoms with E-state index >= 15 is 0 Å². The number of aromatic nitrogens is 4. The van der Waals surface area contributed by atoms with Crippen molar-refractivity contribution in [3.63, 3.8) is 0 Å². The maximum atomic E-state index is 6.02. The van der Waals surface area contributed by atoms with Crippen molar-refractivity contribution in [3.05, 3.63) is 12.0 Å². The highest BCUT2D eigenvalue weighted by Gasteiger charge is 2.25. The summed E-state index contributed by atoms with van der Waals surface area (Å²) >= 11 is 0. The first-order valence-electron chi connectivity index (χ1n) is 7.26. The SMILES string of the molecule is CC1CCCC(C)N1Cc1nc(N)c2cnn(C)c2n1. The van der Waals surface area contributed by atoms with Crippen molar-refractivity contribution < 1.29 is 0 Å². The van der Waals surface area contributed by atoms with E-state index in [1.54, 1.807) is 10.9 Å². The largest absolute Gasteiger partial charge is 0.383 e. The van der Waals surface area contributed by atoms with Gasteiger partial charge in [-0.15, -0.1) is 0 Å². The lowest BCUT2D eigenvalue weighted by molar-refractivity contribution is 0.0924. The molecule has 2 aromatic rings. The summed E-state index contributed by atoms with van der Waals surface area (Å²) < 4.78 is 1.75. The van der Waals surface area contributed by atoms with Gasteiger partial charge in [-0.05, 0) is 26.7 Å². The first-order valence-corrected chi connectivity index (χ1v) is 7.26. The third kappa shape index (κ3) is 2.24. The topological polar surface area (TPSA) is 72.9 Å². The number of hydrogen-bond donors (Lipinski definition) is 1. The first-order chi connectivity index (χ1) is 9.56. The Morgan fingerprint density at radius 2 is 1.95 bits per heavy atom. The van der Waals surface area contributed by atoms with Crippen LogP contribution in [-0.4, -0.2) is 36.7 Å². The van der Waals surface area contributed by atoms with Crippen LogP contribution in [0.3, 0.4) is 0 Å². The standard InChI is InChI=1S/C14H22N6/c1-9-5-4-6-10(2)20(9)8-12-17-13(15)11-7-16-19(3)14(11)18-12/h7,9-10H,4-6,8H2,1-3H3,(H2,15,17,18). The summed E-state index contributed by atoms with van der Waals surface area (Å²) in [5.41, 5.74) is 6.83. The van der Waals surface area contributed by atoms with E-state index in [1.807, 2.05) is 7.05 Å². The third-order valence-electron chi connectivity index (χ3n) is 4.37. The molecular weight excluding hydrogens is 252 g/mol. The Balaban J connectivity index is 1.92. The highest BCUT2D eigenvalue weighted by Crippen LogP contribution is 2.25. The molecule has 0 radical (unpaired) electrons. The van der Waals surface area contributed by atoms with E-state index in [2.05, 4.69) is 33.8 Å². The van der Waals surface area contributed by atoms with E-state index in [-0.39, 0.29) is 0 Å². The van der Waals surface area contributed by atoms with Crippen LogP contribution in [0.5, 0.6) is 0 Å². The monoisotopic (exact) mass is 274 g/mol. The molecule has 108 valence electrons. The average Bonchev–Trinajstić information content (AvgIpc) is 2.77. The highest BCUT2D eigenvalue weighted by atomic mass is 15.3. The molecule has 0 aromatic carbocycles. The average molecular weight is 274 g/mol. The van der Waals surface area contributed by atoms with Gasteiger partial charge in [-0.25, -0.2) is 9.97 Å². The van der Waals surface area contributed by atoms with E-state index in [0.29, 0.717) is 17.9 Å². The molecule has 3 heterocycles. The minimum atomic E-state index is 0.524. The summed E-state index contributed by atoms with van der Waals surface area (Å²) in [5.74, 6) is 1.31. The summed E-state index contributed by atoms with van der Waals surface area (Å²) in [6.45, 7) is 5.32. The van der Waals surface area contributed by atoms with Gasteiger partial charge in [0, 0.05) is 19.1 Å². The summed E-state index contributed by atoms with van der Waals surface area (Å²) in [4.78, 5) is 11.5. The molecule has 2 N–H and O–H groups in total. The number of nitrogens with two attached hydrogens (primary N) is 1. The van der Waals surface area contributed by atoms with Gasteiger partial charge in [0.15, 0.2) is 5.65 Å². The van der Waals surface area contributed by atoms with E-state index in [9.17, 15) is 0 Å². The van der Waals surface area contributed by atoms with Crippen LogP contribution >= 0.6 is 0 Å². The fourth-order valence-corrected chi connectivity index (χ4v) is 3.11. The van der Waals surface area contributed by atoms with Gasteiger partial charge in [0.2, 0.25) is 0 Å². The molecule has 2 atom stereocenters. The number of rotatable bonds is 2. The van der Waals surface area contributed by atoms with Crippen molar-refractivity contribution in [2.24, 2.45) is 7.05 Å². The molecule has 2 unspecified atom stereocenters. The van der Waals surface area contributed by atoms with Crippen molar-refractivity contribution in [1.29, 1.82) is 0 Å². The second-order valence-electron chi connectivity index (χ2n) is 5.83. The van der Waals surface area contributed by atoms with Gasteiger partial charge in [-0.3, -0.25) is 9.58 Å². The second-order valence-corrected chi connectivity index (χ2v) is 5.83. The van der Waals surface area contributed by atoms with Crippen molar-refractivity contribution in [2.45, 2.75) is 51.7 Å². The number of hydrogen-bond acceptors (Lipinski definition) is 5. The van der Waals surface area contributed by atoms with Crippen LogP contribution in [0.15, 0.2) is 6.20 Å². The second kappa shape index (κ2) is 5.01. The number of likely N-dealkylation sites (tertiary alicyclic amines) is 1. The van der Waals surface area contributed by atoms with E-state index in [0.717, 1.165) is 23.4 Å². The van der Waals surface area contributed by atoms with Crippen LogP contribution in [0.2, 0.25) is 0 Å². The lowest BCUT2D eigenvalue weighted by atomic mass is 9.97. The third-order valence-corrected chi connectivity index (χ3v) is 4.37. The molecule has 0 bridgehead atoms. The molecule has 1 saturated heterocycles. The lowest BCUT2D eigenvalue weighted by Crippen LogP contribution is -2.43. The zero-order valence-corrected chi connectivity index (χ0v) is 12.4. The normalized spacial score (nSPS) is 24.4. The van der Waals surface area contributed by atoms with Gasteiger partial charge in [0.05, 0.1) is 18.1 Å². The molecule has 20 heavy (non-hydrogen) atoms. The molecule has 6 nitrogen and oxygen atoms in total. The number of nitrogen functional groups attached to an aromatic ring is 1. The van der Waals surface area contributed by atoms with Crippen molar-refractivity contribution >= 4 is 16.9 Å². The van der Waals surface area contributed by atoms with E-state index in [1.165, 1.54) is 19.3 Å². The molecule has 1 aliphatic heterocycles. The number of fused-ring (bicyclic) bond motifs is 1. The van der Waals surface area contributed by atoms with Crippen molar-refractivity contribution in [2.75, 3.05) is 5.73 Å². The highest BCUT2D eigenvalue weighted by molar-refractivity contribution is 5.84. The van der Waals surface area contributed by atoms with Crippen LogP contribution in [0.25, 0.3) is 11.0 Å². The zero-order chi connectivity index (χ0) is 14.3. The Labute approximate surface area is 119 Å².